The molecular weight excluding hydrogens is 471 g/mol. The van der Waals surface area contributed by atoms with Crippen molar-refractivity contribution in [3.05, 3.63) is 86.5 Å². The molecule has 0 saturated carbocycles. The molecule has 4 aromatic rings. The van der Waals surface area contributed by atoms with Gasteiger partial charge in [-0.15, -0.1) is 21.5 Å². The number of carbonyl (C=O) groups excluding carboxylic acids is 1. The van der Waals surface area contributed by atoms with E-state index < -0.39 is 0 Å². The summed E-state index contributed by atoms with van der Waals surface area (Å²) in [6, 6.07) is 19.3. The molecule has 31 heavy (non-hydrogen) atoms. The molecule has 0 saturated heterocycles. The van der Waals surface area contributed by atoms with E-state index in [1.54, 1.807) is 23.5 Å². The quantitative estimate of drug-likeness (QED) is 0.319. The lowest BCUT2D eigenvalue weighted by atomic mass is 10.2. The number of rotatable bonds is 8. The third kappa shape index (κ3) is 5.68. The summed E-state index contributed by atoms with van der Waals surface area (Å²) in [5.74, 6) is 0.817. The number of halogens is 2. The van der Waals surface area contributed by atoms with Crippen LogP contribution in [0.3, 0.4) is 0 Å². The fourth-order valence-electron chi connectivity index (χ4n) is 2.95. The molecule has 0 bridgehead atoms. The second-order valence-corrected chi connectivity index (χ2v) is 9.47. The van der Waals surface area contributed by atoms with Gasteiger partial charge in [-0.25, -0.2) is 0 Å². The number of hydrogen-bond acceptors (Lipinski definition) is 5. The van der Waals surface area contributed by atoms with Crippen molar-refractivity contribution in [1.82, 2.24) is 20.1 Å². The van der Waals surface area contributed by atoms with E-state index in [4.69, 9.17) is 23.2 Å². The summed E-state index contributed by atoms with van der Waals surface area (Å²) in [5.41, 5.74) is 1.83. The summed E-state index contributed by atoms with van der Waals surface area (Å²) >= 11 is 15.4. The summed E-state index contributed by atoms with van der Waals surface area (Å²) in [6.45, 7) is 1.08. The average Bonchev–Trinajstić information content (AvgIpc) is 3.42. The summed E-state index contributed by atoms with van der Waals surface area (Å²) in [4.78, 5) is 13.4. The molecule has 0 aliphatic rings. The Morgan fingerprint density at radius 1 is 1.06 bits per heavy atom. The van der Waals surface area contributed by atoms with Gasteiger partial charge in [0.25, 0.3) is 0 Å². The molecule has 0 spiro atoms. The minimum Gasteiger partial charge on any atom is -0.350 e. The second-order valence-electron chi connectivity index (χ2n) is 6.65. The third-order valence-electron chi connectivity index (χ3n) is 4.44. The van der Waals surface area contributed by atoms with Crippen molar-refractivity contribution in [3.63, 3.8) is 0 Å². The molecule has 4 rings (SSSR count). The smallest absolute Gasteiger partial charge is 0.230 e. The first kappa shape index (κ1) is 21.9. The molecule has 2 aromatic carbocycles. The fourth-order valence-corrected chi connectivity index (χ4v) is 4.86. The molecule has 0 aliphatic carbocycles. The third-order valence-corrected chi connectivity index (χ3v) is 6.84. The predicted molar refractivity (Wildman–Crippen MR) is 128 cm³/mol. The van der Waals surface area contributed by atoms with Crippen molar-refractivity contribution in [1.29, 1.82) is 0 Å². The van der Waals surface area contributed by atoms with Crippen LogP contribution in [-0.2, 0) is 17.9 Å². The Labute approximate surface area is 198 Å². The number of nitrogens with one attached hydrogen (secondary N) is 1. The number of carbonyl (C=O) groups is 1. The van der Waals surface area contributed by atoms with Crippen LogP contribution in [0.4, 0.5) is 0 Å². The first-order valence-electron chi connectivity index (χ1n) is 9.44. The van der Waals surface area contributed by atoms with Gasteiger partial charge >= 0.3 is 0 Å². The minimum atomic E-state index is -0.0567. The summed E-state index contributed by atoms with van der Waals surface area (Å²) in [6.07, 6.45) is 0. The molecular formula is C22H18Cl2N4OS2. The van der Waals surface area contributed by atoms with Gasteiger partial charge in [-0.1, -0.05) is 71.4 Å². The predicted octanol–water partition coefficient (Wildman–Crippen LogP) is 5.77. The Hall–Kier alpha value is -2.32. The van der Waals surface area contributed by atoms with E-state index in [-0.39, 0.29) is 11.7 Å². The van der Waals surface area contributed by atoms with Gasteiger partial charge < -0.3 is 5.32 Å². The number of nitrogens with zero attached hydrogens (tertiary/aromatic N) is 3. The molecule has 0 radical (unpaired) electrons. The number of aromatic nitrogens is 3. The van der Waals surface area contributed by atoms with Crippen LogP contribution in [0.15, 0.2) is 71.2 Å². The molecule has 2 aromatic heterocycles. The molecule has 0 fully saturated rings. The highest BCUT2D eigenvalue weighted by Crippen LogP contribution is 2.32. The van der Waals surface area contributed by atoms with Crippen LogP contribution in [0.1, 0.15) is 10.4 Å². The molecule has 1 amide bonds. The zero-order chi connectivity index (χ0) is 21.6. The highest BCUT2D eigenvalue weighted by Gasteiger charge is 2.18. The topological polar surface area (TPSA) is 59.8 Å². The van der Waals surface area contributed by atoms with Crippen LogP contribution in [0.5, 0.6) is 0 Å². The standard InChI is InChI=1S/C22H18Cl2N4OS2/c23-16-8-9-18(19(24)11-16)21-26-27-22(28(21)13-15-5-2-1-3-6-15)31-14-20(29)25-12-17-7-4-10-30-17/h1-11H,12-14H2,(H,25,29). The van der Waals surface area contributed by atoms with Crippen LogP contribution in [0.25, 0.3) is 11.4 Å². The number of benzene rings is 2. The van der Waals surface area contributed by atoms with E-state index in [0.29, 0.717) is 34.1 Å². The van der Waals surface area contributed by atoms with Crippen LogP contribution in [0, 0.1) is 0 Å². The van der Waals surface area contributed by atoms with Crippen LogP contribution in [0.2, 0.25) is 10.0 Å². The van der Waals surface area contributed by atoms with Crippen molar-refractivity contribution in [2.24, 2.45) is 0 Å². The summed E-state index contributed by atoms with van der Waals surface area (Å²) in [5, 5.41) is 15.3. The Balaban J connectivity index is 1.55. The van der Waals surface area contributed by atoms with E-state index >= 15 is 0 Å². The molecule has 0 unspecified atom stereocenters. The lowest BCUT2D eigenvalue weighted by Crippen LogP contribution is -2.24. The lowest BCUT2D eigenvalue weighted by molar-refractivity contribution is -0.118. The molecule has 0 atom stereocenters. The van der Waals surface area contributed by atoms with Gasteiger partial charge in [0.05, 0.1) is 23.9 Å². The van der Waals surface area contributed by atoms with E-state index in [1.807, 2.05) is 58.5 Å². The van der Waals surface area contributed by atoms with E-state index in [2.05, 4.69) is 15.5 Å². The second kappa shape index (κ2) is 10.3. The van der Waals surface area contributed by atoms with Crippen LogP contribution >= 0.6 is 46.3 Å². The van der Waals surface area contributed by atoms with Gasteiger partial charge in [-0.3, -0.25) is 9.36 Å². The van der Waals surface area contributed by atoms with Crippen molar-refractivity contribution in [2.75, 3.05) is 5.75 Å². The lowest BCUT2D eigenvalue weighted by Gasteiger charge is -2.11. The SMILES string of the molecule is O=C(CSc1nnc(-c2ccc(Cl)cc2Cl)n1Cc1ccccc1)NCc1cccs1. The molecule has 1 N–H and O–H groups in total. The van der Waals surface area contributed by atoms with Crippen molar-refractivity contribution < 1.29 is 4.79 Å². The number of amides is 1. The van der Waals surface area contributed by atoms with E-state index in [1.165, 1.54) is 11.8 Å². The summed E-state index contributed by atoms with van der Waals surface area (Å²) < 4.78 is 1.97. The van der Waals surface area contributed by atoms with Crippen molar-refractivity contribution in [3.8, 4) is 11.4 Å². The minimum absolute atomic E-state index is 0.0567. The van der Waals surface area contributed by atoms with Gasteiger partial charge in [0, 0.05) is 15.5 Å². The van der Waals surface area contributed by atoms with Gasteiger partial charge in [-0.2, -0.15) is 0 Å². The first-order valence-corrected chi connectivity index (χ1v) is 12.1. The number of hydrogen-bond donors (Lipinski definition) is 1. The largest absolute Gasteiger partial charge is 0.350 e. The maximum atomic E-state index is 12.3. The van der Waals surface area contributed by atoms with Crippen LogP contribution < -0.4 is 5.32 Å². The molecule has 2 heterocycles. The van der Waals surface area contributed by atoms with Gasteiger partial charge in [0.1, 0.15) is 0 Å². The molecule has 158 valence electrons. The monoisotopic (exact) mass is 488 g/mol. The normalized spacial score (nSPS) is 10.9. The molecule has 0 aliphatic heterocycles. The fraction of sp³-hybridized carbons (Fsp3) is 0.136. The van der Waals surface area contributed by atoms with Gasteiger partial charge in [-0.05, 0) is 35.2 Å². The Morgan fingerprint density at radius 2 is 1.90 bits per heavy atom. The van der Waals surface area contributed by atoms with E-state index in [0.717, 1.165) is 16.0 Å². The first-order chi connectivity index (χ1) is 15.1. The summed E-state index contributed by atoms with van der Waals surface area (Å²) in [7, 11) is 0. The van der Waals surface area contributed by atoms with Crippen LogP contribution in [-0.4, -0.2) is 26.4 Å². The maximum Gasteiger partial charge on any atom is 0.230 e. The highest BCUT2D eigenvalue weighted by molar-refractivity contribution is 7.99. The maximum absolute atomic E-state index is 12.3. The highest BCUT2D eigenvalue weighted by atomic mass is 35.5. The van der Waals surface area contributed by atoms with Gasteiger partial charge in [0.15, 0.2) is 11.0 Å². The zero-order valence-corrected chi connectivity index (χ0v) is 19.4. The zero-order valence-electron chi connectivity index (χ0n) is 16.3. The Morgan fingerprint density at radius 3 is 2.65 bits per heavy atom. The molecule has 9 heteroatoms. The molecule has 5 nitrogen and oxygen atoms in total. The Bertz CT molecular complexity index is 1160. The van der Waals surface area contributed by atoms with Gasteiger partial charge in [0.2, 0.25) is 5.91 Å². The number of thiophene rings is 1. The number of thioether (sulfide) groups is 1. The van der Waals surface area contributed by atoms with Crippen molar-refractivity contribution >= 4 is 52.2 Å². The van der Waals surface area contributed by atoms with Crippen molar-refractivity contribution in [2.45, 2.75) is 18.2 Å². The van der Waals surface area contributed by atoms with E-state index in [9.17, 15) is 4.79 Å². The average molecular weight is 489 g/mol. The Kier molecular flexibility index (Phi) is 7.29.